The molecule has 1 saturated carbocycles. The lowest BCUT2D eigenvalue weighted by atomic mass is 9.88. The van der Waals surface area contributed by atoms with E-state index in [2.05, 4.69) is 25.8 Å². The summed E-state index contributed by atoms with van der Waals surface area (Å²) in [5, 5.41) is 0. The summed E-state index contributed by atoms with van der Waals surface area (Å²) in [6.07, 6.45) is 5.58. The molecule has 0 aromatic heterocycles. The number of ether oxygens (including phenoxy) is 2. The second kappa shape index (κ2) is 6.96. The molecule has 130 valence electrons. The molecule has 3 rings (SSSR count). The van der Waals surface area contributed by atoms with E-state index in [9.17, 15) is 4.79 Å². The van der Waals surface area contributed by atoms with Crippen molar-refractivity contribution in [1.29, 1.82) is 0 Å². The van der Waals surface area contributed by atoms with Gasteiger partial charge in [0.2, 0.25) is 5.90 Å². The van der Waals surface area contributed by atoms with Gasteiger partial charge in [0.1, 0.15) is 12.7 Å². The molecule has 1 aliphatic carbocycles. The quantitative estimate of drug-likeness (QED) is 0.774. The highest BCUT2D eigenvalue weighted by Crippen LogP contribution is 2.28. The smallest absolute Gasteiger partial charge is 0.338 e. The predicted octanol–water partition coefficient (Wildman–Crippen LogP) is 4.37. The molecule has 0 N–H and O–H groups in total. The third-order valence-electron chi connectivity index (χ3n) is 4.82. The number of aliphatic imine (C=N–C) groups is 1. The molecule has 1 fully saturated rings. The lowest BCUT2D eigenvalue weighted by Crippen LogP contribution is -2.25. The highest BCUT2D eigenvalue weighted by atomic mass is 16.5. The van der Waals surface area contributed by atoms with E-state index in [1.165, 1.54) is 6.42 Å². The maximum Gasteiger partial charge on any atom is 0.338 e. The molecule has 0 radical (unpaired) electrons. The summed E-state index contributed by atoms with van der Waals surface area (Å²) in [7, 11) is 0. The van der Waals surface area contributed by atoms with Gasteiger partial charge in [-0.05, 0) is 49.3 Å². The molecule has 4 heteroatoms. The van der Waals surface area contributed by atoms with Crippen LogP contribution in [-0.2, 0) is 9.47 Å². The van der Waals surface area contributed by atoms with Crippen LogP contribution >= 0.6 is 0 Å². The second-order valence-electron chi connectivity index (χ2n) is 7.87. The van der Waals surface area contributed by atoms with Crippen LogP contribution in [0.2, 0.25) is 0 Å². The summed E-state index contributed by atoms with van der Waals surface area (Å²) in [5.41, 5.74) is 1.49. The molecule has 0 spiro atoms. The number of carbonyl (C=O) groups excluding carboxylic acids is 1. The summed E-state index contributed by atoms with van der Waals surface area (Å²) in [6.45, 7) is 7.07. The van der Waals surface area contributed by atoms with Crippen molar-refractivity contribution >= 4 is 11.9 Å². The first kappa shape index (κ1) is 17.0. The Morgan fingerprint density at radius 1 is 1.21 bits per heavy atom. The van der Waals surface area contributed by atoms with E-state index in [-0.39, 0.29) is 23.5 Å². The molecule has 0 bridgehead atoms. The highest BCUT2D eigenvalue weighted by molar-refractivity contribution is 5.98. The minimum atomic E-state index is -0.241. The first-order chi connectivity index (χ1) is 11.4. The Labute approximate surface area is 144 Å². The van der Waals surface area contributed by atoms with E-state index in [0.29, 0.717) is 18.1 Å². The number of benzene rings is 1. The molecule has 0 unspecified atom stereocenters. The third-order valence-corrected chi connectivity index (χ3v) is 4.82. The normalized spacial score (nSPS) is 22.0. The minimum Gasteiger partial charge on any atom is -0.475 e. The summed E-state index contributed by atoms with van der Waals surface area (Å²) < 4.78 is 11.4. The Balaban J connectivity index is 1.71. The monoisotopic (exact) mass is 329 g/mol. The van der Waals surface area contributed by atoms with Crippen molar-refractivity contribution in [1.82, 2.24) is 0 Å². The van der Waals surface area contributed by atoms with Gasteiger partial charge in [-0.3, -0.25) is 0 Å². The molecular formula is C20H27NO3. The van der Waals surface area contributed by atoms with Crippen LogP contribution in [0.25, 0.3) is 0 Å². The van der Waals surface area contributed by atoms with Gasteiger partial charge in [0.05, 0.1) is 11.6 Å². The largest absolute Gasteiger partial charge is 0.475 e. The topological polar surface area (TPSA) is 47.9 Å². The maximum absolute atomic E-state index is 12.4. The van der Waals surface area contributed by atoms with Crippen molar-refractivity contribution in [3.63, 3.8) is 0 Å². The van der Waals surface area contributed by atoms with Crippen molar-refractivity contribution in [2.45, 2.75) is 65.0 Å². The van der Waals surface area contributed by atoms with Crippen LogP contribution in [0.1, 0.15) is 68.8 Å². The first-order valence-corrected chi connectivity index (χ1v) is 8.95. The number of nitrogens with zero attached hydrogens (tertiary/aromatic N) is 1. The molecule has 4 nitrogen and oxygen atoms in total. The van der Waals surface area contributed by atoms with Gasteiger partial charge in [-0.15, -0.1) is 0 Å². The summed E-state index contributed by atoms with van der Waals surface area (Å²) in [4.78, 5) is 17.1. The average molecular weight is 329 g/mol. The van der Waals surface area contributed by atoms with Crippen molar-refractivity contribution in [2.24, 2.45) is 10.4 Å². The minimum absolute atomic E-state index is 0.0687. The molecule has 2 aliphatic rings. The summed E-state index contributed by atoms with van der Waals surface area (Å²) in [5.74, 6) is 0.386. The lowest BCUT2D eigenvalue weighted by molar-refractivity contribution is 0.0211. The molecular weight excluding hydrogens is 302 g/mol. The van der Waals surface area contributed by atoms with Crippen LogP contribution in [0, 0.1) is 5.41 Å². The van der Waals surface area contributed by atoms with Gasteiger partial charge in [0.15, 0.2) is 0 Å². The fourth-order valence-electron chi connectivity index (χ4n) is 3.16. The van der Waals surface area contributed by atoms with Gasteiger partial charge in [0.25, 0.3) is 0 Å². The SMILES string of the molecule is CC(C)(C)[C@H]1COC(c2cccc(C(=O)OC3CCCCC3)c2)=N1. The molecule has 1 aromatic rings. The Morgan fingerprint density at radius 3 is 2.62 bits per heavy atom. The van der Waals surface area contributed by atoms with Crippen LogP contribution in [0.4, 0.5) is 0 Å². The first-order valence-electron chi connectivity index (χ1n) is 8.95. The van der Waals surface area contributed by atoms with Crippen LogP contribution < -0.4 is 0 Å². The number of hydrogen-bond donors (Lipinski definition) is 0. The molecule has 1 atom stereocenters. The van der Waals surface area contributed by atoms with E-state index in [1.54, 1.807) is 6.07 Å². The predicted molar refractivity (Wildman–Crippen MR) is 94.5 cm³/mol. The Kier molecular flexibility index (Phi) is 4.93. The van der Waals surface area contributed by atoms with Gasteiger partial charge < -0.3 is 9.47 Å². The van der Waals surface area contributed by atoms with Gasteiger partial charge in [-0.1, -0.05) is 33.3 Å². The van der Waals surface area contributed by atoms with Crippen molar-refractivity contribution in [2.75, 3.05) is 6.61 Å². The van der Waals surface area contributed by atoms with Crippen LogP contribution in [0.3, 0.4) is 0 Å². The van der Waals surface area contributed by atoms with Crippen LogP contribution in [0.15, 0.2) is 29.3 Å². The highest BCUT2D eigenvalue weighted by Gasteiger charge is 2.31. The van der Waals surface area contributed by atoms with E-state index < -0.39 is 0 Å². The molecule has 1 aromatic carbocycles. The molecule has 1 heterocycles. The van der Waals surface area contributed by atoms with E-state index >= 15 is 0 Å². The zero-order valence-corrected chi connectivity index (χ0v) is 14.9. The number of esters is 1. The number of rotatable bonds is 3. The maximum atomic E-state index is 12.4. The van der Waals surface area contributed by atoms with Gasteiger partial charge in [-0.2, -0.15) is 0 Å². The summed E-state index contributed by atoms with van der Waals surface area (Å²) >= 11 is 0. The van der Waals surface area contributed by atoms with Crippen molar-refractivity contribution in [3.8, 4) is 0 Å². The van der Waals surface area contributed by atoms with Gasteiger partial charge in [0, 0.05) is 5.56 Å². The second-order valence-corrected chi connectivity index (χ2v) is 7.87. The third kappa shape index (κ3) is 3.97. The Bertz CT molecular complexity index is 624. The Morgan fingerprint density at radius 2 is 1.96 bits per heavy atom. The van der Waals surface area contributed by atoms with E-state index in [1.807, 2.05) is 18.2 Å². The molecule has 0 saturated heterocycles. The van der Waals surface area contributed by atoms with Crippen LogP contribution in [0.5, 0.6) is 0 Å². The van der Waals surface area contributed by atoms with E-state index in [4.69, 9.17) is 9.47 Å². The van der Waals surface area contributed by atoms with Crippen molar-refractivity contribution < 1.29 is 14.3 Å². The number of carbonyl (C=O) groups is 1. The molecule has 24 heavy (non-hydrogen) atoms. The standard InChI is InChI=1S/C20H27NO3/c1-20(2,3)17-13-23-18(21-17)14-8-7-9-15(12-14)19(22)24-16-10-5-4-6-11-16/h7-9,12,16-17H,4-6,10-11,13H2,1-3H3/t17-/m1/s1. The number of hydrogen-bond acceptors (Lipinski definition) is 4. The van der Waals surface area contributed by atoms with Gasteiger partial charge in [-0.25, -0.2) is 9.79 Å². The molecule has 1 aliphatic heterocycles. The Hall–Kier alpha value is -1.84. The molecule has 0 amide bonds. The van der Waals surface area contributed by atoms with Crippen LogP contribution in [-0.4, -0.2) is 30.6 Å². The summed E-state index contributed by atoms with van der Waals surface area (Å²) in [6, 6.07) is 7.57. The zero-order valence-electron chi connectivity index (χ0n) is 14.9. The van der Waals surface area contributed by atoms with E-state index in [0.717, 1.165) is 31.2 Å². The fraction of sp³-hybridized carbons (Fsp3) is 0.600. The fourth-order valence-corrected chi connectivity index (χ4v) is 3.16. The average Bonchev–Trinajstić information content (AvgIpc) is 3.06. The van der Waals surface area contributed by atoms with Crippen molar-refractivity contribution in [3.05, 3.63) is 35.4 Å². The van der Waals surface area contributed by atoms with Gasteiger partial charge >= 0.3 is 5.97 Å². The zero-order chi connectivity index (χ0) is 17.2. The lowest BCUT2D eigenvalue weighted by Gasteiger charge is -2.22.